The molecule has 0 aromatic rings. The minimum absolute atomic E-state index is 0.124. The van der Waals surface area contributed by atoms with Crippen LogP contribution in [0, 0.1) is 0 Å². The quantitative estimate of drug-likeness (QED) is 0.0261. The van der Waals surface area contributed by atoms with Crippen LogP contribution in [0.3, 0.4) is 0 Å². The van der Waals surface area contributed by atoms with Crippen molar-refractivity contribution in [2.24, 2.45) is 0 Å². The van der Waals surface area contributed by atoms with Crippen LogP contribution in [0.4, 0.5) is 0 Å². The van der Waals surface area contributed by atoms with Crippen LogP contribution in [0.5, 0.6) is 0 Å². The number of esters is 3. The predicted octanol–water partition coefficient (Wildman–Crippen LogP) is 20.0. The van der Waals surface area contributed by atoms with Crippen molar-refractivity contribution in [2.75, 3.05) is 13.2 Å². The van der Waals surface area contributed by atoms with E-state index in [1.54, 1.807) is 0 Å². The molecule has 0 heterocycles. The summed E-state index contributed by atoms with van der Waals surface area (Å²) in [7, 11) is 0. The van der Waals surface area contributed by atoms with Gasteiger partial charge in [0.2, 0.25) is 0 Å². The maximum atomic E-state index is 12.9. The number of allylic oxidation sites excluding steroid dienone is 24. The van der Waals surface area contributed by atoms with Gasteiger partial charge in [0.25, 0.3) is 0 Å². The summed E-state index contributed by atoms with van der Waals surface area (Å²) in [5, 5.41) is 0. The lowest BCUT2D eigenvalue weighted by Crippen LogP contribution is -2.30. The number of rotatable bonds is 51. The van der Waals surface area contributed by atoms with Gasteiger partial charge < -0.3 is 14.2 Å². The van der Waals surface area contributed by atoms with Crippen molar-refractivity contribution in [2.45, 2.75) is 245 Å². The topological polar surface area (TPSA) is 78.9 Å². The van der Waals surface area contributed by atoms with Crippen molar-refractivity contribution in [3.63, 3.8) is 0 Å². The van der Waals surface area contributed by atoms with Crippen molar-refractivity contribution in [1.82, 2.24) is 0 Å². The van der Waals surface area contributed by atoms with Crippen molar-refractivity contribution in [3.05, 3.63) is 146 Å². The van der Waals surface area contributed by atoms with Gasteiger partial charge in [0.1, 0.15) is 13.2 Å². The summed E-state index contributed by atoms with van der Waals surface area (Å²) >= 11 is 0. The Hall–Kier alpha value is -4.71. The van der Waals surface area contributed by atoms with Crippen molar-refractivity contribution < 1.29 is 28.6 Å². The summed E-state index contributed by atoms with van der Waals surface area (Å²) in [4.78, 5) is 38.2. The summed E-state index contributed by atoms with van der Waals surface area (Å²) in [5.41, 5.74) is 0. The van der Waals surface area contributed by atoms with E-state index in [1.165, 1.54) is 64.2 Å². The molecule has 0 unspecified atom stereocenters. The monoisotopic (exact) mass is 1010 g/mol. The second-order valence-corrected chi connectivity index (χ2v) is 18.8. The molecule has 0 N–H and O–H groups in total. The highest BCUT2D eigenvalue weighted by atomic mass is 16.6. The molecule has 0 aliphatic heterocycles. The third kappa shape index (κ3) is 58.1. The van der Waals surface area contributed by atoms with E-state index in [9.17, 15) is 14.4 Å². The molecule has 0 saturated heterocycles. The first kappa shape index (κ1) is 68.3. The second-order valence-electron chi connectivity index (χ2n) is 18.8. The molecule has 0 radical (unpaired) electrons. The van der Waals surface area contributed by atoms with Gasteiger partial charge in [-0.3, -0.25) is 14.4 Å². The number of unbranched alkanes of at least 4 members (excludes halogenated alkanes) is 16. The fourth-order valence-corrected chi connectivity index (χ4v) is 7.41. The first-order chi connectivity index (χ1) is 36.0. The molecule has 0 saturated carbocycles. The van der Waals surface area contributed by atoms with Gasteiger partial charge in [0.05, 0.1) is 0 Å². The molecule has 0 aromatic carbocycles. The smallest absolute Gasteiger partial charge is 0.306 e. The number of carbonyl (C=O) groups is 3. The summed E-state index contributed by atoms with van der Waals surface area (Å²) in [6.45, 7) is 6.37. The molecule has 0 amide bonds. The first-order valence-corrected chi connectivity index (χ1v) is 29.3. The zero-order valence-electron chi connectivity index (χ0n) is 46.8. The second kappa shape index (κ2) is 59.8. The van der Waals surface area contributed by atoms with Crippen LogP contribution in [0.2, 0.25) is 0 Å². The Morgan fingerprint density at radius 3 is 0.904 bits per heavy atom. The molecule has 1 atom stereocenters. The summed E-state index contributed by atoms with van der Waals surface area (Å²) in [5.74, 6) is -1.03. The van der Waals surface area contributed by atoms with E-state index >= 15 is 0 Å². The standard InChI is InChI=1S/C67H106O6/c1-4-7-10-13-16-19-22-25-28-31-33-36-39-42-45-48-51-54-57-60-66(69)72-63-64(62-71-65(68)59-56-53-50-47-44-41-38-35-30-27-24-21-18-15-12-9-6-3)73-67(70)61-58-55-52-49-46-43-40-37-34-32-29-26-23-20-17-14-11-8-5-2/h7,10,16-21,25-30,33-34,36-38,41-42,45,47,50,64H,4-6,8-9,11-15,22-24,31-32,35,39-40,43-44,46,48-49,51-63H2,1-3H3/b10-7-,19-16-,20-17-,21-18-,28-25-,29-26-,30-27-,36-33-,37-34-,41-38-,45-42-,50-47-/t64-/m1/s1. The number of hydrogen-bond acceptors (Lipinski definition) is 6. The minimum atomic E-state index is -0.829. The van der Waals surface area contributed by atoms with Gasteiger partial charge in [-0.25, -0.2) is 0 Å². The Balaban J connectivity index is 4.59. The zero-order chi connectivity index (χ0) is 52.9. The van der Waals surface area contributed by atoms with E-state index in [2.05, 4.69) is 167 Å². The maximum absolute atomic E-state index is 12.9. The van der Waals surface area contributed by atoms with E-state index in [4.69, 9.17) is 14.2 Å². The van der Waals surface area contributed by atoms with Crippen LogP contribution < -0.4 is 0 Å². The zero-order valence-corrected chi connectivity index (χ0v) is 46.8. The van der Waals surface area contributed by atoms with Gasteiger partial charge in [-0.15, -0.1) is 0 Å². The third-order valence-electron chi connectivity index (χ3n) is 11.8. The molecule has 6 nitrogen and oxygen atoms in total. The third-order valence-corrected chi connectivity index (χ3v) is 11.8. The Bertz CT molecular complexity index is 1630. The van der Waals surface area contributed by atoms with Crippen LogP contribution in [0.1, 0.15) is 239 Å². The van der Waals surface area contributed by atoms with E-state index in [-0.39, 0.29) is 44.0 Å². The Kier molecular flexibility index (Phi) is 56.0. The Morgan fingerprint density at radius 2 is 0.548 bits per heavy atom. The summed E-state index contributed by atoms with van der Waals surface area (Å²) in [6, 6.07) is 0. The fourth-order valence-electron chi connectivity index (χ4n) is 7.41. The van der Waals surface area contributed by atoms with Gasteiger partial charge in [-0.05, 0) is 141 Å². The molecule has 0 aromatic heterocycles. The molecule has 0 aliphatic rings. The highest BCUT2D eigenvalue weighted by molar-refractivity contribution is 5.71. The number of ether oxygens (including phenoxy) is 3. The van der Waals surface area contributed by atoms with Crippen LogP contribution in [-0.2, 0) is 28.6 Å². The molecule has 6 heteroatoms. The average Bonchev–Trinajstić information content (AvgIpc) is 3.39. The SMILES string of the molecule is CC/C=C\C/C=C\C/C=C\C/C=C\C/C=C\CCCCCC(=O)OC[C@@H](COC(=O)CCC/C=C\C/C=C\C/C=C\C/C=C\CCCCC)OC(=O)CCCCCCCC/C=C\C/C=C\C/C=C\CCCCC. The van der Waals surface area contributed by atoms with Gasteiger partial charge in [-0.2, -0.15) is 0 Å². The van der Waals surface area contributed by atoms with Gasteiger partial charge in [0, 0.05) is 19.3 Å². The van der Waals surface area contributed by atoms with Gasteiger partial charge in [0.15, 0.2) is 6.10 Å². The molecule has 0 aliphatic carbocycles. The lowest BCUT2D eigenvalue weighted by molar-refractivity contribution is -0.167. The largest absolute Gasteiger partial charge is 0.462 e. The van der Waals surface area contributed by atoms with E-state index in [0.29, 0.717) is 12.8 Å². The van der Waals surface area contributed by atoms with Crippen LogP contribution in [-0.4, -0.2) is 37.2 Å². The fraction of sp³-hybridized carbons (Fsp3) is 0.597. The Labute approximate surface area is 448 Å². The molecule has 73 heavy (non-hydrogen) atoms. The van der Waals surface area contributed by atoms with Crippen LogP contribution in [0.15, 0.2) is 146 Å². The van der Waals surface area contributed by atoms with Crippen LogP contribution in [0.25, 0.3) is 0 Å². The maximum Gasteiger partial charge on any atom is 0.306 e. The number of hydrogen-bond donors (Lipinski definition) is 0. The van der Waals surface area contributed by atoms with E-state index in [1.807, 2.05) is 0 Å². The van der Waals surface area contributed by atoms with E-state index in [0.717, 1.165) is 128 Å². The lowest BCUT2D eigenvalue weighted by Gasteiger charge is -2.18. The predicted molar refractivity (Wildman–Crippen MR) is 315 cm³/mol. The first-order valence-electron chi connectivity index (χ1n) is 29.3. The Morgan fingerprint density at radius 1 is 0.288 bits per heavy atom. The van der Waals surface area contributed by atoms with Crippen molar-refractivity contribution in [3.8, 4) is 0 Å². The summed E-state index contributed by atoms with van der Waals surface area (Å²) < 4.78 is 16.8. The highest BCUT2D eigenvalue weighted by Gasteiger charge is 2.19. The highest BCUT2D eigenvalue weighted by Crippen LogP contribution is 2.12. The molecule has 0 fully saturated rings. The molecule has 0 spiro atoms. The lowest BCUT2D eigenvalue weighted by atomic mass is 10.1. The van der Waals surface area contributed by atoms with E-state index < -0.39 is 6.10 Å². The van der Waals surface area contributed by atoms with Gasteiger partial charge in [-0.1, -0.05) is 224 Å². The van der Waals surface area contributed by atoms with Crippen LogP contribution >= 0.6 is 0 Å². The summed E-state index contributed by atoms with van der Waals surface area (Å²) in [6.07, 6.45) is 85.5. The van der Waals surface area contributed by atoms with Crippen molar-refractivity contribution >= 4 is 17.9 Å². The molecular weight excluding hydrogens is 901 g/mol. The van der Waals surface area contributed by atoms with Crippen molar-refractivity contribution in [1.29, 1.82) is 0 Å². The molecule has 0 bridgehead atoms. The normalized spacial score (nSPS) is 13.2. The molecular formula is C67H106O6. The molecule has 410 valence electrons. The molecule has 0 rings (SSSR count). The van der Waals surface area contributed by atoms with Gasteiger partial charge >= 0.3 is 17.9 Å². The average molecular weight is 1010 g/mol. The number of carbonyl (C=O) groups excluding carboxylic acids is 3. The minimum Gasteiger partial charge on any atom is -0.462 e.